The molecule has 1 aliphatic heterocycles. The molecule has 0 fully saturated rings. The number of hydrazone groups is 1. The molecule has 7 nitrogen and oxygen atoms in total. The number of carbonyl (C=O) groups is 1. The van der Waals surface area contributed by atoms with E-state index in [2.05, 4.69) is 58.1 Å². The third-order valence-electron chi connectivity index (χ3n) is 5.07. The monoisotopic (exact) mass is 366 g/mol. The number of aromatic nitrogens is 3. The summed E-state index contributed by atoms with van der Waals surface area (Å²) in [5.41, 5.74) is 8.67. The van der Waals surface area contributed by atoms with Crippen LogP contribution in [-0.2, 0) is 11.2 Å². The highest BCUT2D eigenvalue weighted by molar-refractivity contribution is 6.32. The molecule has 0 aliphatic carbocycles. The van der Waals surface area contributed by atoms with E-state index in [1.54, 1.807) is 18.6 Å². The maximum atomic E-state index is 12.3. The standard InChI is InChI=1S/C20H26N6O/c1-5-26(6-2)10-7-15-13(3)17(23-14(15)4)11-16-19(24-25-20(16)27)18-12-21-8-9-22-18/h8-9,11-12,23H,5-7,10H2,1-4H3,(H,25,27)/b16-11+. The topological polar surface area (TPSA) is 86.3 Å². The summed E-state index contributed by atoms with van der Waals surface area (Å²) in [6.07, 6.45) is 7.64. The lowest BCUT2D eigenvalue weighted by Crippen LogP contribution is -2.25. The molecule has 2 N–H and O–H groups in total. The number of hydrogen-bond donors (Lipinski definition) is 2. The molecule has 2 aromatic rings. The average molecular weight is 366 g/mol. The van der Waals surface area contributed by atoms with E-state index in [1.807, 2.05) is 6.08 Å². The van der Waals surface area contributed by atoms with E-state index in [1.165, 1.54) is 11.1 Å². The number of amides is 1. The van der Waals surface area contributed by atoms with Gasteiger partial charge in [-0.1, -0.05) is 13.8 Å². The Morgan fingerprint density at radius 3 is 2.63 bits per heavy atom. The van der Waals surface area contributed by atoms with Gasteiger partial charge in [-0.15, -0.1) is 0 Å². The van der Waals surface area contributed by atoms with E-state index in [4.69, 9.17) is 0 Å². The van der Waals surface area contributed by atoms with Gasteiger partial charge in [-0.3, -0.25) is 14.8 Å². The maximum absolute atomic E-state index is 12.3. The van der Waals surface area contributed by atoms with Gasteiger partial charge in [0.1, 0.15) is 11.4 Å². The van der Waals surface area contributed by atoms with Crippen LogP contribution in [0.1, 0.15) is 42.1 Å². The van der Waals surface area contributed by atoms with E-state index >= 15 is 0 Å². The predicted molar refractivity (Wildman–Crippen MR) is 106 cm³/mol. The number of nitrogens with zero attached hydrogens (tertiary/aromatic N) is 4. The molecule has 142 valence electrons. The first kappa shape index (κ1) is 19.0. The van der Waals surface area contributed by atoms with Crippen molar-refractivity contribution in [2.45, 2.75) is 34.1 Å². The van der Waals surface area contributed by atoms with Crippen LogP contribution in [0.4, 0.5) is 0 Å². The Hall–Kier alpha value is -2.80. The number of aryl methyl sites for hydroxylation is 1. The molecule has 0 aromatic carbocycles. The zero-order valence-electron chi connectivity index (χ0n) is 16.3. The van der Waals surface area contributed by atoms with Crippen molar-refractivity contribution < 1.29 is 4.79 Å². The highest BCUT2D eigenvalue weighted by atomic mass is 16.2. The van der Waals surface area contributed by atoms with Crippen molar-refractivity contribution in [1.82, 2.24) is 25.3 Å². The van der Waals surface area contributed by atoms with Gasteiger partial charge in [0.05, 0.1) is 11.8 Å². The SMILES string of the molecule is CCN(CC)CCc1c(C)[nH]c(/C=C2/C(=O)NN=C2c2cnccn2)c1C. The summed E-state index contributed by atoms with van der Waals surface area (Å²) in [6.45, 7) is 11.7. The number of aromatic amines is 1. The summed E-state index contributed by atoms with van der Waals surface area (Å²) >= 11 is 0. The smallest absolute Gasteiger partial charge is 0.273 e. The van der Waals surface area contributed by atoms with Crippen molar-refractivity contribution in [1.29, 1.82) is 0 Å². The minimum atomic E-state index is -0.230. The lowest BCUT2D eigenvalue weighted by Gasteiger charge is -2.17. The maximum Gasteiger partial charge on any atom is 0.273 e. The summed E-state index contributed by atoms with van der Waals surface area (Å²) in [7, 11) is 0. The van der Waals surface area contributed by atoms with Crippen LogP contribution in [0.3, 0.4) is 0 Å². The lowest BCUT2D eigenvalue weighted by atomic mass is 10.0. The number of H-pyrrole nitrogens is 1. The quantitative estimate of drug-likeness (QED) is 0.736. The summed E-state index contributed by atoms with van der Waals surface area (Å²) < 4.78 is 0. The van der Waals surface area contributed by atoms with Crippen LogP contribution in [0.2, 0.25) is 0 Å². The molecule has 1 amide bonds. The molecule has 0 spiro atoms. The second kappa shape index (κ2) is 8.26. The Morgan fingerprint density at radius 1 is 1.19 bits per heavy atom. The van der Waals surface area contributed by atoms with Gasteiger partial charge in [0, 0.05) is 30.3 Å². The van der Waals surface area contributed by atoms with Crippen molar-refractivity contribution in [3.05, 3.63) is 52.4 Å². The van der Waals surface area contributed by atoms with Crippen molar-refractivity contribution in [2.75, 3.05) is 19.6 Å². The Kier molecular flexibility index (Phi) is 5.81. The molecule has 7 heteroatoms. The molecular weight excluding hydrogens is 340 g/mol. The number of likely N-dealkylation sites (N-methyl/N-ethyl adjacent to an activating group) is 1. The van der Waals surface area contributed by atoms with E-state index in [9.17, 15) is 4.79 Å². The van der Waals surface area contributed by atoms with Gasteiger partial charge in [-0.05, 0) is 50.6 Å². The van der Waals surface area contributed by atoms with E-state index in [0.29, 0.717) is 17.0 Å². The summed E-state index contributed by atoms with van der Waals surface area (Å²) in [5, 5.41) is 4.13. The molecule has 27 heavy (non-hydrogen) atoms. The minimum Gasteiger partial charge on any atom is -0.359 e. The molecule has 3 rings (SSSR count). The van der Waals surface area contributed by atoms with Crippen LogP contribution in [0.15, 0.2) is 29.3 Å². The van der Waals surface area contributed by atoms with Gasteiger partial charge in [-0.2, -0.15) is 5.10 Å². The fourth-order valence-electron chi connectivity index (χ4n) is 3.37. The summed E-state index contributed by atoms with van der Waals surface area (Å²) in [6, 6.07) is 0. The van der Waals surface area contributed by atoms with Gasteiger partial charge >= 0.3 is 0 Å². The highest BCUT2D eigenvalue weighted by Gasteiger charge is 2.26. The van der Waals surface area contributed by atoms with Crippen LogP contribution < -0.4 is 5.43 Å². The van der Waals surface area contributed by atoms with E-state index in [0.717, 1.165) is 37.4 Å². The Balaban J connectivity index is 1.89. The molecule has 1 aliphatic rings. The fourth-order valence-corrected chi connectivity index (χ4v) is 3.37. The zero-order chi connectivity index (χ0) is 19.4. The van der Waals surface area contributed by atoms with Crippen molar-refractivity contribution in [3.8, 4) is 0 Å². The van der Waals surface area contributed by atoms with Crippen molar-refractivity contribution in [3.63, 3.8) is 0 Å². The largest absolute Gasteiger partial charge is 0.359 e. The molecule has 3 heterocycles. The van der Waals surface area contributed by atoms with Crippen molar-refractivity contribution >= 4 is 17.7 Å². The van der Waals surface area contributed by atoms with Crippen LogP contribution in [0.25, 0.3) is 6.08 Å². The number of carbonyl (C=O) groups excluding carboxylic acids is 1. The molecule has 0 unspecified atom stereocenters. The number of rotatable bonds is 7. The second-order valence-corrected chi connectivity index (χ2v) is 6.59. The Morgan fingerprint density at radius 2 is 1.96 bits per heavy atom. The van der Waals surface area contributed by atoms with E-state index in [-0.39, 0.29) is 5.91 Å². The third kappa shape index (κ3) is 3.98. The summed E-state index contributed by atoms with van der Waals surface area (Å²) in [5.74, 6) is -0.230. The van der Waals surface area contributed by atoms with Crippen LogP contribution in [-0.4, -0.2) is 51.1 Å². The fraction of sp³-hybridized carbons (Fsp3) is 0.400. The molecule has 2 aromatic heterocycles. The van der Waals surface area contributed by atoms with Gasteiger partial charge < -0.3 is 9.88 Å². The number of nitrogens with one attached hydrogen (secondary N) is 2. The minimum absolute atomic E-state index is 0.230. The molecule has 0 radical (unpaired) electrons. The average Bonchev–Trinajstić information content (AvgIpc) is 3.17. The second-order valence-electron chi connectivity index (χ2n) is 6.59. The van der Waals surface area contributed by atoms with E-state index < -0.39 is 0 Å². The van der Waals surface area contributed by atoms with Gasteiger partial charge in [0.15, 0.2) is 0 Å². The first-order valence-corrected chi connectivity index (χ1v) is 9.32. The van der Waals surface area contributed by atoms with Crippen LogP contribution >= 0.6 is 0 Å². The first-order chi connectivity index (χ1) is 13.0. The molecular formula is C20H26N6O. The Labute approximate surface area is 159 Å². The van der Waals surface area contributed by atoms with Gasteiger partial charge in [-0.25, -0.2) is 5.43 Å². The molecule has 0 bridgehead atoms. The van der Waals surface area contributed by atoms with Crippen LogP contribution in [0, 0.1) is 13.8 Å². The lowest BCUT2D eigenvalue weighted by molar-refractivity contribution is -0.116. The summed E-state index contributed by atoms with van der Waals surface area (Å²) in [4.78, 5) is 26.5. The first-order valence-electron chi connectivity index (χ1n) is 9.32. The molecule has 0 saturated carbocycles. The van der Waals surface area contributed by atoms with Crippen LogP contribution in [0.5, 0.6) is 0 Å². The predicted octanol–water partition coefficient (Wildman–Crippen LogP) is 2.22. The highest BCUT2D eigenvalue weighted by Crippen LogP contribution is 2.23. The van der Waals surface area contributed by atoms with Gasteiger partial charge in [0.25, 0.3) is 5.91 Å². The molecule has 0 atom stereocenters. The van der Waals surface area contributed by atoms with Crippen molar-refractivity contribution in [2.24, 2.45) is 5.10 Å². The zero-order valence-corrected chi connectivity index (χ0v) is 16.3. The van der Waals surface area contributed by atoms with Gasteiger partial charge in [0.2, 0.25) is 0 Å². The normalized spacial score (nSPS) is 15.5. The number of hydrogen-bond acceptors (Lipinski definition) is 5. The Bertz CT molecular complexity index is 877. The third-order valence-corrected chi connectivity index (χ3v) is 5.07. The molecule has 0 saturated heterocycles.